The summed E-state index contributed by atoms with van der Waals surface area (Å²) in [4.78, 5) is 6.23. The Hall–Kier alpha value is -0.410. The average Bonchev–Trinajstić information content (AvgIpc) is 2.72. The van der Waals surface area contributed by atoms with Crippen LogP contribution in [0.2, 0.25) is 0 Å². The molecule has 0 aliphatic heterocycles. The largest absolute Gasteiger partial charge is 0.308 e. The van der Waals surface area contributed by atoms with Crippen molar-refractivity contribution in [1.29, 1.82) is 0 Å². The lowest BCUT2D eigenvalue weighted by molar-refractivity contribution is 0.567. The molecule has 0 radical (unpaired) electrons. The van der Waals surface area contributed by atoms with Crippen molar-refractivity contribution in [3.05, 3.63) is 15.6 Å². The van der Waals surface area contributed by atoms with E-state index in [-0.39, 0.29) is 0 Å². The molecule has 1 aliphatic rings. The van der Waals surface area contributed by atoms with E-state index in [2.05, 4.69) is 19.2 Å². The van der Waals surface area contributed by atoms with Crippen LogP contribution in [0.1, 0.15) is 48.3 Å². The second kappa shape index (κ2) is 4.41. The van der Waals surface area contributed by atoms with E-state index in [0.29, 0.717) is 6.04 Å². The molecule has 78 valence electrons. The first-order chi connectivity index (χ1) is 6.81. The van der Waals surface area contributed by atoms with Crippen LogP contribution in [0.25, 0.3) is 0 Å². The maximum Gasteiger partial charge on any atom is 0.110 e. The Labute approximate surface area is 89.8 Å². The molecule has 1 aromatic rings. The van der Waals surface area contributed by atoms with E-state index in [0.717, 1.165) is 6.54 Å². The number of rotatable bonds is 4. The third kappa shape index (κ3) is 1.98. The highest BCUT2D eigenvalue weighted by Crippen LogP contribution is 2.30. The average molecular weight is 210 g/mol. The topological polar surface area (TPSA) is 24.9 Å². The second-order valence-corrected chi connectivity index (χ2v) is 5.07. The summed E-state index contributed by atoms with van der Waals surface area (Å²) < 4.78 is 0. The monoisotopic (exact) mass is 210 g/mol. The van der Waals surface area contributed by atoms with Crippen molar-refractivity contribution in [2.24, 2.45) is 0 Å². The van der Waals surface area contributed by atoms with Crippen molar-refractivity contribution in [3.8, 4) is 0 Å². The maximum atomic E-state index is 4.70. The molecule has 1 unspecified atom stereocenters. The summed E-state index contributed by atoms with van der Waals surface area (Å²) in [5, 5.41) is 4.77. The lowest BCUT2D eigenvalue weighted by atomic mass is 10.3. The van der Waals surface area contributed by atoms with E-state index in [1.165, 1.54) is 41.3 Å². The van der Waals surface area contributed by atoms with Crippen LogP contribution in [-0.2, 0) is 12.8 Å². The molecule has 1 aliphatic carbocycles. The van der Waals surface area contributed by atoms with Crippen LogP contribution in [-0.4, -0.2) is 11.5 Å². The predicted molar refractivity (Wildman–Crippen MR) is 60.8 cm³/mol. The lowest BCUT2D eigenvalue weighted by Gasteiger charge is -2.09. The summed E-state index contributed by atoms with van der Waals surface area (Å²) in [5.41, 5.74) is 1.37. The second-order valence-electron chi connectivity index (χ2n) is 3.95. The number of hydrogen-bond donors (Lipinski definition) is 1. The van der Waals surface area contributed by atoms with Gasteiger partial charge in [-0.25, -0.2) is 4.98 Å². The van der Waals surface area contributed by atoms with Gasteiger partial charge in [0.25, 0.3) is 0 Å². The standard InChI is InChI=1S/C11H18N2S/c1-3-7-12-8(2)11-13-9-5-4-6-10(9)14-11/h8,12H,3-7H2,1-2H3. The molecule has 1 atom stereocenters. The maximum absolute atomic E-state index is 4.70. The third-order valence-electron chi connectivity index (χ3n) is 2.68. The van der Waals surface area contributed by atoms with Crippen molar-refractivity contribution in [3.63, 3.8) is 0 Å². The summed E-state index contributed by atoms with van der Waals surface area (Å²) in [5.74, 6) is 0. The first-order valence-electron chi connectivity index (χ1n) is 5.53. The number of nitrogens with zero attached hydrogens (tertiary/aromatic N) is 1. The molecule has 1 heterocycles. The van der Waals surface area contributed by atoms with E-state index in [9.17, 15) is 0 Å². The summed E-state index contributed by atoms with van der Waals surface area (Å²) in [6.07, 6.45) is 4.96. The van der Waals surface area contributed by atoms with E-state index in [1.54, 1.807) is 0 Å². The number of fused-ring (bicyclic) bond motifs is 1. The zero-order chi connectivity index (χ0) is 9.97. The fourth-order valence-corrected chi connectivity index (χ4v) is 3.02. The summed E-state index contributed by atoms with van der Waals surface area (Å²) in [6.45, 7) is 5.50. The summed E-state index contributed by atoms with van der Waals surface area (Å²) in [6, 6.07) is 0.436. The van der Waals surface area contributed by atoms with Crippen molar-refractivity contribution < 1.29 is 0 Å². The van der Waals surface area contributed by atoms with Gasteiger partial charge >= 0.3 is 0 Å². The summed E-state index contributed by atoms with van der Waals surface area (Å²) in [7, 11) is 0. The van der Waals surface area contributed by atoms with Gasteiger partial charge in [0.05, 0.1) is 11.7 Å². The first-order valence-corrected chi connectivity index (χ1v) is 6.34. The molecular formula is C11H18N2S. The van der Waals surface area contributed by atoms with E-state index < -0.39 is 0 Å². The smallest absolute Gasteiger partial charge is 0.110 e. The highest BCUT2D eigenvalue weighted by atomic mass is 32.1. The minimum absolute atomic E-state index is 0.436. The van der Waals surface area contributed by atoms with Gasteiger partial charge in [-0.3, -0.25) is 0 Å². The molecule has 3 heteroatoms. The Balaban J connectivity index is 2.02. The van der Waals surface area contributed by atoms with Gasteiger partial charge in [0.1, 0.15) is 5.01 Å². The van der Waals surface area contributed by atoms with Crippen LogP contribution in [0, 0.1) is 0 Å². The summed E-state index contributed by atoms with van der Waals surface area (Å²) >= 11 is 1.91. The van der Waals surface area contributed by atoms with Gasteiger partial charge < -0.3 is 5.32 Å². The molecule has 2 rings (SSSR count). The highest BCUT2D eigenvalue weighted by Gasteiger charge is 2.18. The van der Waals surface area contributed by atoms with Gasteiger partial charge in [-0.15, -0.1) is 11.3 Å². The molecular weight excluding hydrogens is 192 g/mol. The van der Waals surface area contributed by atoms with Gasteiger partial charge in [0.2, 0.25) is 0 Å². The molecule has 0 spiro atoms. The van der Waals surface area contributed by atoms with E-state index >= 15 is 0 Å². The Morgan fingerprint density at radius 3 is 3.07 bits per heavy atom. The molecule has 1 aromatic heterocycles. The molecule has 0 fully saturated rings. The van der Waals surface area contributed by atoms with Crippen molar-refractivity contribution in [2.75, 3.05) is 6.54 Å². The van der Waals surface area contributed by atoms with Gasteiger partial charge in [0.15, 0.2) is 0 Å². The SMILES string of the molecule is CCCNC(C)c1nc2c(s1)CCC2. The van der Waals surface area contributed by atoms with Crippen LogP contribution in [0.5, 0.6) is 0 Å². The van der Waals surface area contributed by atoms with Crippen LogP contribution in [0.15, 0.2) is 0 Å². The molecule has 0 saturated heterocycles. The number of thiazole rings is 1. The van der Waals surface area contributed by atoms with Gasteiger partial charge in [-0.2, -0.15) is 0 Å². The minimum Gasteiger partial charge on any atom is -0.308 e. The minimum atomic E-state index is 0.436. The quantitative estimate of drug-likeness (QED) is 0.826. The fourth-order valence-electron chi connectivity index (χ4n) is 1.84. The predicted octanol–water partition coefficient (Wildman–Crippen LogP) is 2.69. The Morgan fingerprint density at radius 2 is 2.36 bits per heavy atom. The van der Waals surface area contributed by atoms with Crippen LogP contribution in [0.3, 0.4) is 0 Å². The number of aryl methyl sites for hydroxylation is 2. The molecule has 0 aromatic carbocycles. The molecule has 0 saturated carbocycles. The first kappa shape index (κ1) is 10.1. The van der Waals surface area contributed by atoms with Gasteiger partial charge in [-0.05, 0) is 39.2 Å². The Kier molecular flexibility index (Phi) is 3.19. The van der Waals surface area contributed by atoms with E-state index in [1.807, 2.05) is 11.3 Å². The van der Waals surface area contributed by atoms with Crippen LogP contribution < -0.4 is 5.32 Å². The van der Waals surface area contributed by atoms with Crippen molar-refractivity contribution in [2.45, 2.75) is 45.6 Å². The van der Waals surface area contributed by atoms with Crippen molar-refractivity contribution in [1.82, 2.24) is 10.3 Å². The zero-order valence-corrected chi connectivity index (χ0v) is 9.78. The van der Waals surface area contributed by atoms with E-state index in [4.69, 9.17) is 4.98 Å². The number of nitrogens with one attached hydrogen (secondary N) is 1. The van der Waals surface area contributed by atoms with Gasteiger partial charge in [0, 0.05) is 4.88 Å². The fraction of sp³-hybridized carbons (Fsp3) is 0.727. The number of hydrogen-bond acceptors (Lipinski definition) is 3. The highest BCUT2D eigenvalue weighted by molar-refractivity contribution is 7.11. The third-order valence-corrected chi connectivity index (χ3v) is 4.02. The zero-order valence-electron chi connectivity index (χ0n) is 8.97. The molecule has 0 bridgehead atoms. The molecule has 14 heavy (non-hydrogen) atoms. The number of aromatic nitrogens is 1. The van der Waals surface area contributed by atoms with Crippen LogP contribution in [0.4, 0.5) is 0 Å². The Morgan fingerprint density at radius 1 is 1.50 bits per heavy atom. The molecule has 1 N–H and O–H groups in total. The Bertz CT molecular complexity index is 285. The van der Waals surface area contributed by atoms with Gasteiger partial charge in [-0.1, -0.05) is 6.92 Å². The molecule has 0 amide bonds. The van der Waals surface area contributed by atoms with Crippen LogP contribution >= 0.6 is 11.3 Å². The lowest BCUT2D eigenvalue weighted by Crippen LogP contribution is -2.19. The molecule has 2 nitrogen and oxygen atoms in total. The van der Waals surface area contributed by atoms with Crippen molar-refractivity contribution >= 4 is 11.3 Å². The normalized spacial score (nSPS) is 17.0.